The van der Waals surface area contributed by atoms with Crippen molar-refractivity contribution in [1.82, 2.24) is 14.8 Å². The summed E-state index contributed by atoms with van der Waals surface area (Å²) in [4.78, 5) is 1.30. The van der Waals surface area contributed by atoms with Crippen LogP contribution in [0.5, 0.6) is 0 Å². The van der Waals surface area contributed by atoms with Gasteiger partial charge in [-0.1, -0.05) is 66.4 Å². The first-order valence-electron chi connectivity index (χ1n) is 7.76. The van der Waals surface area contributed by atoms with Gasteiger partial charge in [0, 0.05) is 23.6 Å². The van der Waals surface area contributed by atoms with E-state index in [2.05, 4.69) is 63.1 Å². The Balaban J connectivity index is 1.65. The molecule has 0 amide bonds. The summed E-state index contributed by atoms with van der Waals surface area (Å²) in [5, 5.41) is 11.8. The molecule has 0 saturated carbocycles. The highest BCUT2D eigenvalue weighted by Gasteiger charge is 2.12. The molecule has 0 aliphatic carbocycles. The highest BCUT2D eigenvalue weighted by molar-refractivity contribution is 7.99. The molecule has 5 heteroatoms. The van der Waals surface area contributed by atoms with Crippen molar-refractivity contribution in [1.29, 1.82) is 0 Å². The Bertz CT molecular complexity index is 789. The summed E-state index contributed by atoms with van der Waals surface area (Å²) in [7, 11) is 0. The Morgan fingerprint density at radius 2 is 2.00 bits per heavy atom. The van der Waals surface area contributed by atoms with Gasteiger partial charge in [-0.3, -0.25) is 0 Å². The van der Waals surface area contributed by atoms with Gasteiger partial charge >= 0.3 is 0 Å². The molecule has 122 valence electrons. The first-order chi connectivity index (χ1) is 11.9. The molecule has 3 nitrogen and oxygen atoms in total. The average Bonchev–Trinajstić information content (AvgIpc) is 3.25. The minimum atomic E-state index is 0.735. The lowest BCUT2D eigenvalue weighted by Gasteiger charge is -2.06. The molecule has 0 saturated heterocycles. The van der Waals surface area contributed by atoms with E-state index < -0.39 is 0 Å². The number of hydrogen-bond donors (Lipinski definition) is 0. The molecule has 0 N–H and O–H groups in total. The summed E-state index contributed by atoms with van der Waals surface area (Å²) in [6.07, 6.45) is 7.00. The number of allylic oxidation sites excluding steroid dienone is 1. The van der Waals surface area contributed by atoms with Gasteiger partial charge < -0.3 is 4.57 Å². The molecule has 0 unspecified atom stereocenters. The van der Waals surface area contributed by atoms with Gasteiger partial charge in [0.2, 0.25) is 0 Å². The van der Waals surface area contributed by atoms with E-state index in [9.17, 15) is 0 Å². The number of thiophene rings is 1. The maximum atomic E-state index is 4.37. The lowest BCUT2D eigenvalue weighted by Crippen LogP contribution is -2.04. The quantitative estimate of drug-likeness (QED) is 0.425. The summed E-state index contributed by atoms with van der Waals surface area (Å²) in [5.41, 5.74) is 1.21. The minimum Gasteiger partial charge on any atom is -0.302 e. The van der Waals surface area contributed by atoms with Gasteiger partial charge in [-0.2, -0.15) is 0 Å². The van der Waals surface area contributed by atoms with Crippen LogP contribution in [-0.2, 0) is 13.0 Å². The van der Waals surface area contributed by atoms with Crippen LogP contribution in [-0.4, -0.2) is 20.5 Å². The Labute approximate surface area is 150 Å². The molecule has 2 aromatic heterocycles. The maximum Gasteiger partial charge on any atom is 0.191 e. The zero-order valence-corrected chi connectivity index (χ0v) is 15.0. The van der Waals surface area contributed by atoms with E-state index >= 15 is 0 Å². The summed E-state index contributed by atoms with van der Waals surface area (Å²) in [6.45, 7) is 4.59. The van der Waals surface area contributed by atoms with Crippen molar-refractivity contribution in [3.8, 4) is 0 Å². The molecule has 0 radical (unpaired) electrons. The third-order valence-electron chi connectivity index (χ3n) is 3.44. The van der Waals surface area contributed by atoms with E-state index in [1.54, 1.807) is 23.1 Å². The lowest BCUT2D eigenvalue weighted by atomic mass is 10.2. The second kappa shape index (κ2) is 8.66. The number of thioether (sulfide) groups is 1. The number of hydrogen-bond acceptors (Lipinski definition) is 4. The molecule has 3 aromatic rings. The molecule has 24 heavy (non-hydrogen) atoms. The van der Waals surface area contributed by atoms with E-state index in [4.69, 9.17) is 0 Å². The molecule has 0 bridgehead atoms. The second-order valence-electron chi connectivity index (χ2n) is 5.18. The third kappa shape index (κ3) is 4.46. The van der Waals surface area contributed by atoms with E-state index in [0.717, 1.165) is 29.7 Å². The van der Waals surface area contributed by atoms with Gasteiger partial charge in [0.25, 0.3) is 0 Å². The van der Waals surface area contributed by atoms with Crippen molar-refractivity contribution < 1.29 is 0 Å². The fraction of sp³-hybridized carbons (Fsp3) is 0.158. The molecule has 0 spiro atoms. The SMILES string of the molecule is C=CCn1c(Cc2cccs2)nnc1SCC=Cc1ccccc1. The van der Waals surface area contributed by atoms with Gasteiger partial charge in [0.1, 0.15) is 5.82 Å². The molecule has 0 aliphatic rings. The number of aromatic nitrogens is 3. The topological polar surface area (TPSA) is 30.7 Å². The van der Waals surface area contributed by atoms with Crippen molar-refractivity contribution in [2.24, 2.45) is 0 Å². The van der Waals surface area contributed by atoms with Crippen LogP contribution in [0.3, 0.4) is 0 Å². The van der Waals surface area contributed by atoms with Crippen molar-refractivity contribution in [2.45, 2.75) is 18.1 Å². The Morgan fingerprint density at radius 3 is 2.75 bits per heavy atom. The second-order valence-corrected chi connectivity index (χ2v) is 7.20. The van der Waals surface area contributed by atoms with Crippen LogP contribution in [0.1, 0.15) is 16.3 Å². The molecule has 1 aromatic carbocycles. The fourth-order valence-electron chi connectivity index (χ4n) is 2.31. The summed E-state index contributed by atoms with van der Waals surface area (Å²) >= 11 is 3.45. The van der Waals surface area contributed by atoms with Crippen LogP contribution in [0, 0.1) is 0 Å². The Kier molecular flexibility index (Phi) is 6.04. The monoisotopic (exact) mass is 353 g/mol. The van der Waals surface area contributed by atoms with E-state index in [1.165, 1.54) is 10.4 Å². The van der Waals surface area contributed by atoms with Crippen molar-refractivity contribution in [2.75, 3.05) is 5.75 Å². The molecule has 0 atom stereocenters. The Hall–Kier alpha value is -2.11. The zero-order chi connectivity index (χ0) is 16.6. The van der Waals surface area contributed by atoms with Gasteiger partial charge in [0.05, 0.1) is 0 Å². The summed E-state index contributed by atoms with van der Waals surface area (Å²) in [5.74, 6) is 1.86. The number of nitrogens with zero attached hydrogens (tertiary/aromatic N) is 3. The van der Waals surface area contributed by atoms with E-state index in [0.29, 0.717) is 0 Å². The molecule has 0 fully saturated rings. The maximum absolute atomic E-state index is 4.37. The standard InChI is InChI=1S/C19H19N3S2/c1-2-12-22-18(15-17-11-7-13-23-17)20-21-19(22)24-14-6-10-16-8-4-3-5-9-16/h2-11,13H,1,12,14-15H2. The zero-order valence-electron chi connectivity index (χ0n) is 13.3. The van der Waals surface area contributed by atoms with Crippen molar-refractivity contribution in [3.05, 3.63) is 82.8 Å². The first-order valence-corrected chi connectivity index (χ1v) is 9.63. The fourth-order valence-corrected chi connectivity index (χ4v) is 3.79. The van der Waals surface area contributed by atoms with Gasteiger partial charge in [-0.15, -0.1) is 28.1 Å². The summed E-state index contributed by atoms with van der Waals surface area (Å²) in [6, 6.07) is 14.5. The molecule has 3 rings (SSSR count). The van der Waals surface area contributed by atoms with Crippen LogP contribution < -0.4 is 0 Å². The van der Waals surface area contributed by atoms with Gasteiger partial charge in [0.15, 0.2) is 5.16 Å². The highest BCUT2D eigenvalue weighted by atomic mass is 32.2. The number of benzene rings is 1. The predicted octanol–water partition coefficient (Wildman–Crippen LogP) is 4.92. The van der Waals surface area contributed by atoms with Crippen molar-refractivity contribution in [3.63, 3.8) is 0 Å². The van der Waals surface area contributed by atoms with Gasteiger partial charge in [-0.25, -0.2) is 0 Å². The van der Waals surface area contributed by atoms with Gasteiger partial charge in [-0.05, 0) is 17.0 Å². The number of rotatable bonds is 8. The van der Waals surface area contributed by atoms with E-state index in [-0.39, 0.29) is 0 Å². The summed E-state index contributed by atoms with van der Waals surface area (Å²) < 4.78 is 2.15. The largest absolute Gasteiger partial charge is 0.302 e. The molecular formula is C19H19N3S2. The third-order valence-corrected chi connectivity index (χ3v) is 5.23. The van der Waals surface area contributed by atoms with Crippen LogP contribution >= 0.6 is 23.1 Å². The molecular weight excluding hydrogens is 334 g/mol. The minimum absolute atomic E-state index is 0.735. The van der Waals surface area contributed by atoms with Crippen LogP contribution in [0.2, 0.25) is 0 Å². The highest BCUT2D eigenvalue weighted by Crippen LogP contribution is 2.21. The molecule has 2 heterocycles. The Morgan fingerprint density at radius 1 is 1.12 bits per heavy atom. The first kappa shape index (κ1) is 16.7. The van der Waals surface area contributed by atoms with Crippen LogP contribution in [0.15, 0.2) is 71.7 Å². The normalized spacial score (nSPS) is 11.2. The average molecular weight is 354 g/mol. The van der Waals surface area contributed by atoms with Crippen molar-refractivity contribution >= 4 is 29.2 Å². The smallest absolute Gasteiger partial charge is 0.191 e. The molecule has 0 aliphatic heterocycles. The lowest BCUT2D eigenvalue weighted by molar-refractivity contribution is 0.692. The van der Waals surface area contributed by atoms with E-state index in [1.807, 2.05) is 24.3 Å². The van der Waals surface area contributed by atoms with Crippen LogP contribution in [0.25, 0.3) is 6.08 Å². The predicted molar refractivity (Wildman–Crippen MR) is 104 cm³/mol. The van der Waals surface area contributed by atoms with Crippen LogP contribution in [0.4, 0.5) is 0 Å².